The highest BCUT2D eigenvalue weighted by Gasteiger charge is 2.11. The van der Waals surface area contributed by atoms with E-state index >= 15 is 0 Å². The van der Waals surface area contributed by atoms with Gasteiger partial charge in [-0.15, -0.1) is 5.10 Å². The maximum Gasteiger partial charge on any atom is 0.230 e. The van der Waals surface area contributed by atoms with Crippen molar-refractivity contribution in [2.45, 2.75) is 49.9 Å². The lowest BCUT2D eigenvalue weighted by atomic mass is 10.1. The number of nitrogens with zero attached hydrogens (tertiary/aromatic N) is 2. The largest absolute Gasteiger partial charge is 0.353 e. The molecule has 0 saturated carbocycles. The number of carbonyl (C=O) groups excluding carboxylic acids is 1. The van der Waals surface area contributed by atoms with E-state index in [1.807, 2.05) is 30.3 Å². The molecule has 0 aliphatic carbocycles. The van der Waals surface area contributed by atoms with E-state index in [9.17, 15) is 4.79 Å². The summed E-state index contributed by atoms with van der Waals surface area (Å²) >= 11 is 8.24. The SMILES string of the molecule is CCCCCC(C)NC(=O)CSc1nn(-c2ccccc2)c(=S)s1. The molecule has 130 valence electrons. The Morgan fingerprint density at radius 3 is 2.83 bits per heavy atom. The second kappa shape index (κ2) is 9.96. The van der Waals surface area contributed by atoms with Crippen LogP contribution in [0.5, 0.6) is 0 Å². The van der Waals surface area contributed by atoms with Gasteiger partial charge in [0.2, 0.25) is 5.91 Å². The second-order valence-corrected chi connectivity index (χ2v) is 8.48. The van der Waals surface area contributed by atoms with Crippen molar-refractivity contribution >= 4 is 41.2 Å². The zero-order valence-corrected chi connectivity index (χ0v) is 16.5. The Labute approximate surface area is 156 Å². The fraction of sp³-hybridized carbons (Fsp3) is 0.471. The van der Waals surface area contributed by atoms with Crippen LogP contribution in [0.25, 0.3) is 5.69 Å². The summed E-state index contributed by atoms with van der Waals surface area (Å²) in [5.41, 5.74) is 0.944. The lowest BCUT2D eigenvalue weighted by molar-refractivity contribution is -0.119. The van der Waals surface area contributed by atoms with Crippen molar-refractivity contribution in [2.24, 2.45) is 0 Å². The average molecular weight is 382 g/mol. The summed E-state index contributed by atoms with van der Waals surface area (Å²) in [6, 6.07) is 10.0. The summed E-state index contributed by atoms with van der Waals surface area (Å²) in [6.07, 6.45) is 4.61. The molecule has 1 atom stereocenters. The third-order valence-corrected chi connectivity index (χ3v) is 5.87. The standard InChI is InChI=1S/C17H23N3OS3/c1-3-4-6-9-13(2)18-15(21)12-23-16-19-20(17(22)24-16)14-10-7-5-8-11-14/h5,7-8,10-11,13H,3-4,6,9,12H2,1-2H3,(H,18,21). The molecular formula is C17H23N3OS3. The summed E-state index contributed by atoms with van der Waals surface area (Å²) < 4.78 is 3.25. The molecule has 2 rings (SSSR count). The molecule has 1 heterocycles. The van der Waals surface area contributed by atoms with Crippen molar-refractivity contribution in [1.82, 2.24) is 15.1 Å². The fourth-order valence-electron chi connectivity index (χ4n) is 2.27. The number of carbonyl (C=O) groups is 1. The molecule has 7 heteroatoms. The first-order chi connectivity index (χ1) is 11.6. The number of unbranched alkanes of at least 4 members (excludes halogenated alkanes) is 2. The number of hydrogen-bond donors (Lipinski definition) is 1. The molecule has 1 amide bonds. The first-order valence-electron chi connectivity index (χ1n) is 8.18. The van der Waals surface area contributed by atoms with Crippen LogP contribution in [0, 0.1) is 3.95 Å². The van der Waals surface area contributed by atoms with Crippen LogP contribution in [0.1, 0.15) is 39.5 Å². The van der Waals surface area contributed by atoms with Gasteiger partial charge < -0.3 is 5.32 Å². The van der Waals surface area contributed by atoms with Crippen molar-refractivity contribution in [1.29, 1.82) is 0 Å². The van der Waals surface area contributed by atoms with Gasteiger partial charge in [0, 0.05) is 6.04 Å². The predicted molar refractivity (Wildman–Crippen MR) is 105 cm³/mol. The summed E-state index contributed by atoms with van der Waals surface area (Å²) in [4.78, 5) is 12.0. The molecule has 0 fully saturated rings. The summed E-state index contributed by atoms with van der Waals surface area (Å²) in [5, 5.41) is 7.55. The van der Waals surface area contributed by atoms with Crippen LogP contribution in [0.3, 0.4) is 0 Å². The van der Waals surface area contributed by atoms with Gasteiger partial charge in [0.1, 0.15) is 0 Å². The number of thioether (sulfide) groups is 1. The van der Waals surface area contributed by atoms with E-state index in [0.29, 0.717) is 9.71 Å². The van der Waals surface area contributed by atoms with Gasteiger partial charge in [0.15, 0.2) is 8.29 Å². The highest BCUT2D eigenvalue weighted by Crippen LogP contribution is 2.23. The number of nitrogens with one attached hydrogen (secondary N) is 1. The van der Waals surface area contributed by atoms with Crippen molar-refractivity contribution in [3.05, 3.63) is 34.3 Å². The molecule has 1 unspecified atom stereocenters. The molecule has 0 saturated heterocycles. The zero-order valence-electron chi connectivity index (χ0n) is 14.0. The molecule has 1 aromatic carbocycles. The summed E-state index contributed by atoms with van der Waals surface area (Å²) in [5.74, 6) is 0.422. The van der Waals surface area contributed by atoms with E-state index in [1.54, 1.807) is 4.68 Å². The average Bonchev–Trinajstić information content (AvgIpc) is 2.95. The second-order valence-electron chi connectivity index (χ2n) is 5.63. The topological polar surface area (TPSA) is 46.9 Å². The van der Waals surface area contributed by atoms with Crippen LogP contribution in [-0.2, 0) is 4.79 Å². The molecular weight excluding hydrogens is 358 g/mol. The quantitative estimate of drug-likeness (QED) is 0.383. The van der Waals surface area contributed by atoms with Crippen LogP contribution in [-0.4, -0.2) is 27.5 Å². The fourth-order valence-corrected chi connectivity index (χ4v) is 4.44. The normalized spacial score (nSPS) is 12.1. The molecule has 1 aromatic heterocycles. The van der Waals surface area contributed by atoms with Crippen LogP contribution in [0.2, 0.25) is 0 Å². The highest BCUT2D eigenvalue weighted by atomic mass is 32.2. The van der Waals surface area contributed by atoms with Crippen molar-refractivity contribution < 1.29 is 4.79 Å². The number of hydrogen-bond acceptors (Lipinski definition) is 5. The molecule has 0 radical (unpaired) electrons. The molecule has 0 aliphatic heterocycles. The minimum absolute atomic E-state index is 0.0522. The maximum absolute atomic E-state index is 12.0. The monoisotopic (exact) mass is 381 g/mol. The molecule has 0 bridgehead atoms. The predicted octanol–water partition coefficient (Wildman–Crippen LogP) is 4.84. The third kappa shape index (κ3) is 6.03. The lowest BCUT2D eigenvalue weighted by Crippen LogP contribution is -2.33. The molecule has 1 N–H and O–H groups in total. The number of benzene rings is 1. The van der Waals surface area contributed by atoms with E-state index in [-0.39, 0.29) is 11.9 Å². The van der Waals surface area contributed by atoms with E-state index in [0.717, 1.165) is 22.9 Å². The van der Waals surface area contributed by atoms with E-state index < -0.39 is 0 Å². The smallest absolute Gasteiger partial charge is 0.230 e. The molecule has 0 aliphatic rings. The molecule has 24 heavy (non-hydrogen) atoms. The van der Waals surface area contributed by atoms with Crippen molar-refractivity contribution in [2.75, 3.05) is 5.75 Å². The van der Waals surface area contributed by atoms with Gasteiger partial charge in [-0.2, -0.15) is 0 Å². The third-order valence-electron chi connectivity index (χ3n) is 3.50. The summed E-state index contributed by atoms with van der Waals surface area (Å²) in [6.45, 7) is 4.25. The Morgan fingerprint density at radius 1 is 1.38 bits per heavy atom. The van der Waals surface area contributed by atoms with Gasteiger partial charge >= 0.3 is 0 Å². The van der Waals surface area contributed by atoms with Crippen LogP contribution in [0.4, 0.5) is 0 Å². The van der Waals surface area contributed by atoms with Crippen molar-refractivity contribution in [3.8, 4) is 5.69 Å². The van der Waals surface area contributed by atoms with Crippen LogP contribution < -0.4 is 5.32 Å². The Bertz CT molecular complexity index is 697. The number of rotatable bonds is 9. The number of para-hydroxylation sites is 1. The maximum atomic E-state index is 12.0. The van der Waals surface area contributed by atoms with E-state index in [4.69, 9.17) is 12.2 Å². The minimum Gasteiger partial charge on any atom is -0.353 e. The van der Waals surface area contributed by atoms with Gasteiger partial charge in [0.05, 0.1) is 11.4 Å². The Balaban J connectivity index is 1.84. The molecule has 2 aromatic rings. The number of aromatic nitrogens is 2. The Morgan fingerprint density at radius 2 is 2.12 bits per heavy atom. The van der Waals surface area contributed by atoms with Crippen molar-refractivity contribution in [3.63, 3.8) is 0 Å². The first-order valence-corrected chi connectivity index (χ1v) is 10.4. The zero-order chi connectivity index (χ0) is 17.4. The van der Waals surface area contributed by atoms with Gasteiger partial charge in [-0.05, 0) is 37.7 Å². The highest BCUT2D eigenvalue weighted by molar-refractivity contribution is 8.01. The minimum atomic E-state index is 0.0522. The van der Waals surface area contributed by atoms with Crippen LogP contribution >= 0.6 is 35.3 Å². The Kier molecular flexibility index (Phi) is 7.94. The Hall–Kier alpha value is -1.18. The van der Waals surface area contributed by atoms with Gasteiger partial charge in [-0.1, -0.05) is 67.5 Å². The molecule has 4 nitrogen and oxygen atoms in total. The van der Waals surface area contributed by atoms with E-state index in [1.165, 1.54) is 35.9 Å². The van der Waals surface area contributed by atoms with Gasteiger partial charge in [-0.3, -0.25) is 4.79 Å². The van der Waals surface area contributed by atoms with Gasteiger partial charge in [0.25, 0.3) is 0 Å². The van der Waals surface area contributed by atoms with Crippen LogP contribution in [0.15, 0.2) is 34.7 Å². The number of amides is 1. The van der Waals surface area contributed by atoms with Gasteiger partial charge in [-0.25, -0.2) is 4.68 Å². The molecule has 0 spiro atoms. The van der Waals surface area contributed by atoms with E-state index in [2.05, 4.69) is 24.3 Å². The lowest BCUT2D eigenvalue weighted by Gasteiger charge is -2.12. The summed E-state index contributed by atoms with van der Waals surface area (Å²) in [7, 11) is 0. The first kappa shape index (κ1) is 19.1.